The van der Waals surface area contributed by atoms with Crippen molar-refractivity contribution in [2.75, 3.05) is 0 Å². The minimum absolute atomic E-state index is 0.309. The van der Waals surface area contributed by atoms with Crippen LogP contribution >= 0.6 is 122 Å². The van der Waals surface area contributed by atoms with Crippen LogP contribution in [-0.4, -0.2) is 27.4 Å². The minimum atomic E-state index is -0.309. The Balaban J connectivity index is 0.000000102. The average Bonchev–Trinajstić information content (AvgIpc) is 1.56. The number of halogens is 6. The number of hydrogen-bond acceptors (Lipinski definition) is 8. The quantitative estimate of drug-likeness (QED) is 0.155. The monoisotopic (exact) mass is 2040 g/mol. The van der Waals surface area contributed by atoms with E-state index in [2.05, 4.69) is 302 Å². The van der Waals surface area contributed by atoms with E-state index >= 15 is 0 Å². The van der Waals surface area contributed by atoms with Gasteiger partial charge in [0.1, 0.15) is 56.0 Å². The van der Waals surface area contributed by atoms with E-state index < -0.39 is 0 Å². The first-order valence-electron chi connectivity index (χ1n) is 40.4. The van der Waals surface area contributed by atoms with Gasteiger partial charge in [-0.3, -0.25) is 0 Å². The maximum absolute atomic E-state index is 14.5. The van der Waals surface area contributed by atoms with E-state index in [9.17, 15) is 8.78 Å². The molecule has 0 radical (unpaired) electrons. The van der Waals surface area contributed by atoms with Crippen molar-refractivity contribution in [3.8, 4) is 34.1 Å². The van der Waals surface area contributed by atoms with Gasteiger partial charge in [0.15, 0.2) is 22.3 Å². The molecule has 0 amide bonds. The van der Waals surface area contributed by atoms with Gasteiger partial charge in [-0.15, -0.1) is 45.3 Å². The molecule has 14 aromatic heterocycles. The summed E-state index contributed by atoms with van der Waals surface area (Å²) >= 11 is 19.8. The number of fused-ring (bicyclic) bond motifs is 30. The molecule has 0 spiro atoms. The van der Waals surface area contributed by atoms with Gasteiger partial charge in [0, 0.05) is 105 Å². The third-order valence-electron chi connectivity index (χ3n) is 24.5. The third-order valence-corrected chi connectivity index (χ3v) is 31.7. The van der Waals surface area contributed by atoms with Gasteiger partial charge in [-0.25, -0.2) is 8.78 Å². The summed E-state index contributed by atoms with van der Waals surface area (Å²) in [6.45, 7) is 12.6. The van der Waals surface area contributed by atoms with Crippen LogP contribution in [-0.2, 0) is 0 Å². The highest BCUT2D eigenvalue weighted by Gasteiger charge is 2.31. The summed E-state index contributed by atoms with van der Waals surface area (Å²) in [5.41, 5.74) is 32.8. The lowest BCUT2D eigenvalue weighted by atomic mass is 10.1. The second-order valence-corrected chi connectivity index (χ2v) is 41.9. The fourth-order valence-electron chi connectivity index (χ4n) is 18.7. The zero-order chi connectivity index (χ0) is 83.4. The number of thiophene rings is 4. The van der Waals surface area contributed by atoms with Crippen LogP contribution in [0.3, 0.4) is 0 Å². The lowest BCUT2D eigenvalue weighted by molar-refractivity contribution is 0.628. The van der Waals surface area contributed by atoms with Crippen molar-refractivity contribution in [3.05, 3.63) is 327 Å². The molecule has 20 heteroatoms. The molecule has 0 saturated heterocycles. The first kappa shape index (κ1) is 75.0. The number of furan rings is 4. The van der Waals surface area contributed by atoms with Crippen molar-refractivity contribution in [1.82, 2.24) is 27.4 Å². The second kappa shape index (κ2) is 28.0. The first-order valence-corrected chi connectivity index (χ1v) is 47.4. The van der Waals surface area contributed by atoms with Gasteiger partial charge in [0.25, 0.3) is 0 Å². The maximum atomic E-state index is 14.5. The fraction of sp³-hybridized carbons (Fsp3) is 0.0577. The standard InChI is InChI=1S/C36H22F2N2O2.C36H22I2N2O2.C32H18Br2N2S4/c1-19-3-9-23(10-4-19)39-29-15-21(37)7-13-25(29)35-33(39)27-17-32-28(18-31(27)41-35)34-36(42-32)26-14-8-22(38)16-30(26)40(34)24-11-5-20(2)6-12-24;1-19-3-9-23(10-4-19)39-29-17-28-30(18-27(29)35-33(39)25-13-7-21(37)15-31(25)41-35)40(24-11-5-20(2)6-12-24)34-26-14-8-22(38)16-32(26)42-36(28)34;1-15-3-7-17(8-4-15)35-21-13-25(33)39-29(21)31-27(35)19-11-24-20(12-23(19)37-31)28-32(38-24)30-22(14-26(34)40-30)36(28)18-9-5-16(2)6-10-18/h2*3-18H,1-2H3;3-14H,1-2H3. The van der Waals surface area contributed by atoms with Crippen LogP contribution in [0.2, 0.25) is 0 Å². The van der Waals surface area contributed by atoms with Crippen LogP contribution in [0.15, 0.2) is 292 Å². The van der Waals surface area contributed by atoms with Crippen LogP contribution < -0.4 is 0 Å². The normalized spacial score (nSPS) is 12.4. The highest BCUT2D eigenvalue weighted by molar-refractivity contribution is 14.1. The van der Waals surface area contributed by atoms with Gasteiger partial charge in [-0.05, 0) is 313 Å². The Labute approximate surface area is 763 Å². The maximum Gasteiger partial charge on any atom is 0.161 e. The van der Waals surface area contributed by atoms with Gasteiger partial charge in [0.2, 0.25) is 0 Å². The third kappa shape index (κ3) is 11.4. The van der Waals surface area contributed by atoms with E-state index in [1.165, 1.54) is 114 Å². The van der Waals surface area contributed by atoms with Crippen LogP contribution in [0, 0.1) is 60.3 Å². The molecule has 124 heavy (non-hydrogen) atoms. The molecule has 27 aromatic rings. The topological polar surface area (TPSA) is 82.1 Å². The predicted octanol–water partition coefficient (Wildman–Crippen LogP) is 34.0. The van der Waals surface area contributed by atoms with E-state index in [4.69, 9.17) is 17.7 Å². The Morgan fingerprint density at radius 2 is 0.516 bits per heavy atom. The molecule has 27 rings (SSSR count). The Morgan fingerprint density at radius 3 is 0.839 bits per heavy atom. The molecule has 598 valence electrons. The number of hydrogen-bond donors (Lipinski definition) is 0. The molecular formula is C104H62Br2F2I2N6O4S4. The Bertz CT molecular complexity index is 8720. The Morgan fingerprint density at radius 1 is 0.242 bits per heavy atom. The molecule has 0 N–H and O–H groups in total. The van der Waals surface area contributed by atoms with Gasteiger partial charge < -0.3 is 45.1 Å². The van der Waals surface area contributed by atoms with Crippen LogP contribution in [0.5, 0.6) is 0 Å². The van der Waals surface area contributed by atoms with Crippen molar-refractivity contribution < 1.29 is 26.4 Å². The van der Waals surface area contributed by atoms with E-state index in [1.54, 1.807) is 24.3 Å². The van der Waals surface area contributed by atoms with Crippen LogP contribution in [0.4, 0.5) is 8.78 Å². The number of rotatable bonds is 6. The van der Waals surface area contributed by atoms with Crippen molar-refractivity contribution in [1.29, 1.82) is 0 Å². The molecule has 0 bridgehead atoms. The van der Waals surface area contributed by atoms with Gasteiger partial charge in [-0.1, -0.05) is 106 Å². The Hall–Kier alpha value is -11.6. The lowest BCUT2D eigenvalue weighted by Crippen LogP contribution is -1.95. The SMILES string of the molecule is Cc1ccc(-n2c3cc(Br)sc3c3sc4cc5c(cc4c32)sc2c3sc(Br)cc3n(-c3ccc(C)cc3)c52)cc1.Cc1ccc(-n2c3cc(F)ccc3c3oc4cc5c(cc4c32)oc2c3ccc(F)cc3n(-c3ccc(C)cc3)c52)cc1.Cc1ccc(-n2c3cc4c5oc6cc(I)ccc6c5n(-c5ccc(C)cc5)c4cc3c3oc4cc(I)ccc4c32)cc1. The zero-order valence-corrected chi connectivity index (χ0v) is 77.4. The van der Waals surface area contributed by atoms with E-state index in [-0.39, 0.29) is 11.6 Å². The predicted molar refractivity (Wildman–Crippen MR) is 540 cm³/mol. The summed E-state index contributed by atoms with van der Waals surface area (Å²) in [6.07, 6.45) is 0. The van der Waals surface area contributed by atoms with E-state index in [0.29, 0.717) is 22.3 Å². The summed E-state index contributed by atoms with van der Waals surface area (Å²) < 4.78 is 81.9. The first-order chi connectivity index (χ1) is 60.3. The summed E-state index contributed by atoms with van der Waals surface area (Å²) in [4.78, 5) is 0. The summed E-state index contributed by atoms with van der Waals surface area (Å²) in [7, 11) is 0. The molecule has 0 saturated carbocycles. The summed E-state index contributed by atoms with van der Waals surface area (Å²) in [5, 5.41) is 10.4. The summed E-state index contributed by atoms with van der Waals surface area (Å²) in [5.74, 6) is -0.618. The molecule has 14 heterocycles. The van der Waals surface area contributed by atoms with E-state index in [1.807, 2.05) is 120 Å². The lowest BCUT2D eigenvalue weighted by Gasteiger charge is -2.10. The highest BCUT2D eigenvalue weighted by Crippen LogP contribution is 2.54. The second-order valence-electron chi connectivity index (χ2n) is 32.4. The average molecular weight is 2040 g/mol. The molecule has 0 fully saturated rings. The minimum Gasteiger partial charge on any atom is -0.454 e. The Kier molecular flexibility index (Phi) is 16.9. The fourth-order valence-corrected chi connectivity index (χ4v) is 25.5. The van der Waals surface area contributed by atoms with Gasteiger partial charge in [-0.2, -0.15) is 0 Å². The molecule has 0 unspecified atom stereocenters. The number of nitrogens with zero attached hydrogens (tertiary/aromatic N) is 6. The van der Waals surface area contributed by atoms with Crippen molar-refractivity contribution in [2.45, 2.75) is 41.5 Å². The van der Waals surface area contributed by atoms with Crippen molar-refractivity contribution >= 4 is 315 Å². The highest BCUT2D eigenvalue weighted by atomic mass is 127. The molecule has 0 aliphatic rings. The number of aromatic nitrogens is 6. The van der Waals surface area contributed by atoms with Crippen LogP contribution in [0.25, 0.3) is 227 Å². The molecule has 0 aliphatic carbocycles. The van der Waals surface area contributed by atoms with Crippen molar-refractivity contribution in [2.24, 2.45) is 0 Å². The molecule has 0 aliphatic heterocycles. The van der Waals surface area contributed by atoms with Gasteiger partial charge >= 0.3 is 0 Å². The van der Waals surface area contributed by atoms with Crippen LogP contribution in [0.1, 0.15) is 33.4 Å². The summed E-state index contributed by atoms with van der Waals surface area (Å²) in [6, 6.07) is 92.1. The largest absolute Gasteiger partial charge is 0.454 e. The molecule has 13 aromatic carbocycles. The van der Waals surface area contributed by atoms with Crippen molar-refractivity contribution in [3.63, 3.8) is 0 Å². The molecule has 10 nitrogen and oxygen atoms in total. The zero-order valence-electron chi connectivity index (χ0n) is 66.6. The van der Waals surface area contributed by atoms with Gasteiger partial charge in [0.05, 0.1) is 70.5 Å². The molecule has 0 atom stereocenters. The van der Waals surface area contributed by atoms with E-state index in [0.717, 1.165) is 151 Å². The molecular weight excluding hydrogens is 1980 g/mol. The number of aryl methyl sites for hydroxylation is 6. The smallest absolute Gasteiger partial charge is 0.161 e. The number of benzene rings is 13.